The van der Waals surface area contributed by atoms with E-state index < -0.39 is 0 Å². The largest absolute Gasteiger partial charge is 0.382 e. The Labute approximate surface area is 92.7 Å². The van der Waals surface area contributed by atoms with E-state index >= 15 is 0 Å². The predicted octanol–water partition coefficient (Wildman–Crippen LogP) is 0.463. The Balaban J connectivity index is 2.03. The zero-order chi connectivity index (χ0) is 10.9. The van der Waals surface area contributed by atoms with Crippen LogP contribution in [-0.4, -0.2) is 57.5 Å². The lowest BCUT2D eigenvalue weighted by Gasteiger charge is -2.37. The molecule has 0 aliphatic heterocycles. The molecular weight excluding hydrogens is 192 g/mol. The van der Waals surface area contributed by atoms with Crippen molar-refractivity contribution in [1.82, 2.24) is 4.90 Å². The summed E-state index contributed by atoms with van der Waals surface area (Å²) in [6.45, 7) is 4.91. The van der Waals surface area contributed by atoms with Gasteiger partial charge in [-0.1, -0.05) is 6.42 Å². The smallest absolute Gasteiger partial charge is 0.0700 e. The zero-order valence-electron chi connectivity index (χ0n) is 9.78. The third-order valence-electron chi connectivity index (χ3n) is 2.96. The van der Waals surface area contributed by atoms with E-state index in [1.807, 2.05) is 0 Å². The maximum absolute atomic E-state index is 5.60. The van der Waals surface area contributed by atoms with Crippen LogP contribution in [0.25, 0.3) is 0 Å². The molecule has 1 fully saturated rings. The van der Waals surface area contributed by atoms with Crippen LogP contribution in [0.3, 0.4) is 0 Å². The summed E-state index contributed by atoms with van der Waals surface area (Å²) < 4.78 is 10.4. The Morgan fingerprint density at radius 1 is 1.20 bits per heavy atom. The maximum atomic E-state index is 5.60. The van der Waals surface area contributed by atoms with E-state index in [0.29, 0.717) is 13.2 Å². The van der Waals surface area contributed by atoms with Crippen LogP contribution in [0.15, 0.2) is 0 Å². The SMILES string of the molecule is COCCOCCN(CCN)C1CCC1. The second-order valence-corrected chi connectivity index (χ2v) is 4.01. The fourth-order valence-corrected chi connectivity index (χ4v) is 1.82. The van der Waals surface area contributed by atoms with Crippen molar-refractivity contribution in [2.24, 2.45) is 5.73 Å². The number of ether oxygens (including phenoxy) is 2. The molecule has 15 heavy (non-hydrogen) atoms. The van der Waals surface area contributed by atoms with Gasteiger partial charge in [0, 0.05) is 32.8 Å². The molecule has 2 N–H and O–H groups in total. The first-order chi connectivity index (χ1) is 7.38. The molecule has 1 rings (SSSR count). The molecule has 0 aromatic carbocycles. The number of hydrogen-bond acceptors (Lipinski definition) is 4. The Hall–Kier alpha value is -0.160. The highest BCUT2D eigenvalue weighted by atomic mass is 16.5. The average Bonchev–Trinajstić information content (AvgIpc) is 2.15. The van der Waals surface area contributed by atoms with Crippen molar-refractivity contribution in [3.63, 3.8) is 0 Å². The first-order valence-electron chi connectivity index (χ1n) is 5.89. The Bertz CT molecular complexity index is 152. The molecule has 0 atom stereocenters. The second kappa shape index (κ2) is 8.05. The van der Waals surface area contributed by atoms with Gasteiger partial charge in [0.2, 0.25) is 0 Å². The monoisotopic (exact) mass is 216 g/mol. The molecule has 1 aliphatic carbocycles. The van der Waals surface area contributed by atoms with Crippen LogP contribution < -0.4 is 5.73 Å². The van der Waals surface area contributed by atoms with Gasteiger partial charge in [-0.3, -0.25) is 4.90 Å². The van der Waals surface area contributed by atoms with E-state index in [2.05, 4.69) is 4.90 Å². The average molecular weight is 216 g/mol. The van der Waals surface area contributed by atoms with Crippen molar-refractivity contribution in [1.29, 1.82) is 0 Å². The quantitative estimate of drug-likeness (QED) is 0.569. The van der Waals surface area contributed by atoms with Gasteiger partial charge >= 0.3 is 0 Å². The third-order valence-corrected chi connectivity index (χ3v) is 2.96. The number of hydrogen-bond donors (Lipinski definition) is 1. The molecular formula is C11H24N2O2. The second-order valence-electron chi connectivity index (χ2n) is 4.01. The molecule has 1 aliphatic rings. The summed E-state index contributed by atoms with van der Waals surface area (Å²) in [5.74, 6) is 0. The predicted molar refractivity (Wildman–Crippen MR) is 61.0 cm³/mol. The van der Waals surface area contributed by atoms with E-state index in [0.717, 1.165) is 32.3 Å². The van der Waals surface area contributed by atoms with Gasteiger partial charge in [0.25, 0.3) is 0 Å². The first kappa shape index (κ1) is 12.9. The number of rotatable bonds is 9. The van der Waals surface area contributed by atoms with Gasteiger partial charge in [-0.15, -0.1) is 0 Å². The van der Waals surface area contributed by atoms with Gasteiger partial charge in [0.1, 0.15) is 0 Å². The summed E-state index contributed by atoms with van der Waals surface area (Å²) in [5, 5.41) is 0. The lowest BCUT2D eigenvalue weighted by molar-refractivity contribution is 0.0397. The molecule has 0 unspecified atom stereocenters. The first-order valence-corrected chi connectivity index (χ1v) is 5.89. The van der Waals surface area contributed by atoms with Gasteiger partial charge in [-0.2, -0.15) is 0 Å². The van der Waals surface area contributed by atoms with E-state index in [4.69, 9.17) is 15.2 Å². The summed E-state index contributed by atoms with van der Waals surface area (Å²) in [7, 11) is 1.69. The summed E-state index contributed by atoms with van der Waals surface area (Å²) in [5.41, 5.74) is 5.60. The lowest BCUT2D eigenvalue weighted by Crippen LogP contribution is -2.44. The maximum Gasteiger partial charge on any atom is 0.0700 e. The molecule has 0 spiro atoms. The van der Waals surface area contributed by atoms with Crippen LogP contribution >= 0.6 is 0 Å². The van der Waals surface area contributed by atoms with Crippen LogP contribution in [0, 0.1) is 0 Å². The van der Waals surface area contributed by atoms with Crippen molar-refractivity contribution in [3.05, 3.63) is 0 Å². The number of methoxy groups -OCH3 is 1. The van der Waals surface area contributed by atoms with Crippen LogP contribution in [0.4, 0.5) is 0 Å². The molecule has 0 aromatic rings. The van der Waals surface area contributed by atoms with Gasteiger partial charge < -0.3 is 15.2 Å². The standard InChI is InChI=1S/C11H24N2O2/c1-14-9-10-15-8-7-13(6-5-12)11-3-2-4-11/h11H,2-10,12H2,1H3. The summed E-state index contributed by atoms with van der Waals surface area (Å²) in [4.78, 5) is 2.45. The minimum Gasteiger partial charge on any atom is -0.382 e. The molecule has 0 amide bonds. The molecule has 4 heteroatoms. The van der Waals surface area contributed by atoms with Gasteiger partial charge in [0.05, 0.1) is 19.8 Å². The zero-order valence-corrected chi connectivity index (χ0v) is 9.78. The lowest BCUT2D eigenvalue weighted by atomic mass is 9.91. The Morgan fingerprint density at radius 2 is 2.00 bits per heavy atom. The molecule has 1 saturated carbocycles. The summed E-state index contributed by atoms with van der Waals surface area (Å²) >= 11 is 0. The topological polar surface area (TPSA) is 47.7 Å². The normalized spacial score (nSPS) is 17.0. The van der Waals surface area contributed by atoms with Crippen molar-refractivity contribution < 1.29 is 9.47 Å². The molecule has 4 nitrogen and oxygen atoms in total. The van der Waals surface area contributed by atoms with E-state index in [1.54, 1.807) is 7.11 Å². The van der Waals surface area contributed by atoms with Crippen molar-refractivity contribution in [2.75, 3.05) is 46.6 Å². The fourth-order valence-electron chi connectivity index (χ4n) is 1.82. The summed E-state index contributed by atoms with van der Waals surface area (Å²) in [6, 6.07) is 0.763. The molecule has 0 aromatic heterocycles. The van der Waals surface area contributed by atoms with E-state index in [-0.39, 0.29) is 0 Å². The van der Waals surface area contributed by atoms with Crippen LogP contribution in [0.1, 0.15) is 19.3 Å². The van der Waals surface area contributed by atoms with Crippen molar-refractivity contribution >= 4 is 0 Å². The molecule has 0 radical (unpaired) electrons. The van der Waals surface area contributed by atoms with Crippen LogP contribution in [-0.2, 0) is 9.47 Å². The Kier molecular flexibility index (Phi) is 6.92. The van der Waals surface area contributed by atoms with Crippen LogP contribution in [0.5, 0.6) is 0 Å². The van der Waals surface area contributed by atoms with E-state index in [9.17, 15) is 0 Å². The van der Waals surface area contributed by atoms with E-state index in [1.165, 1.54) is 19.3 Å². The highest BCUT2D eigenvalue weighted by molar-refractivity contribution is 4.79. The number of nitrogens with zero attached hydrogens (tertiary/aromatic N) is 1. The van der Waals surface area contributed by atoms with Crippen molar-refractivity contribution in [2.45, 2.75) is 25.3 Å². The van der Waals surface area contributed by atoms with Gasteiger partial charge in [-0.25, -0.2) is 0 Å². The minimum atomic E-state index is 0.681. The minimum absolute atomic E-state index is 0.681. The third kappa shape index (κ3) is 4.93. The number of nitrogens with two attached hydrogens (primary N) is 1. The van der Waals surface area contributed by atoms with Gasteiger partial charge in [-0.05, 0) is 12.8 Å². The van der Waals surface area contributed by atoms with Crippen LogP contribution in [0.2, 0.25) is 0 Å². The Morgan fingerprint density at radius 3 is 2.53 bits per heavy atom. The molecule has 0 bridgehead atoms. The molecule has 90 valence electrons. The molecule has 0 heterocycles. The van der Waals surface area contributed by atoms with Gasteiger partial charge in [0.15, 0.2) is 0 Å². The molecule has 0 saturated heterocycles. The fraction of sp³-hybridized carbons (Fsp3) is 1.00. The van der Waals surface area contributed by atoms with Crippen molar-refractivity contribution in [3.8, 4) is 0 Å². The summed E-state index contributed by atoms with van der Waals surface area (Å²) in [6.07, 6.45) is 4.03. The highest BCUT2D eigenvalue weighted by Gasteiger charge is 2.23. The highest BCUT2D eigenvalue weighted by Crippen LogP contribution is 2.23.